The molecule has 2 rings (SSSR count). The number of nitrogens with zero attached hydrogens (tertiary/aromatic N) is 1. The zero-order chi connectivity index (χ0) is 9.97. The van der Waals surface area contributed by atoms with Crippen molar-refractivity contribution in [1.29, 1.82) is 0 Å². The van der Waals surface area contributed by atoms with Crippen molar-refractivity contribution in [2.45, 2.75) is 13.3 Å². The third kappa shape index (κ3) is 2.58. The molecule has 0 amide bonds. The minimum atomic E-state index is 0. The van der Waals surface area contributed by atoms with Crippen LogP contribution in [0.25, 0.3) is 11.3 Å². The largest absolute Gasteiger partial charge is 0.361 e. The van der Waals surface area contributed by atoms with Gasteiger partial charge in [0.25, 0.3) is 0 Å². The molecule has 0 bridgehead atoms. The molecule has 3 nitrogen and oxygen atoms in total. The van der Waals surface area contributed by atoms with Crippen molar-refractivity contribution in [2.24, 2.45) is 0 Å². The number of rotatable bonds is 2. The summed E-state index contributed by atoms with van der Waals surface area (Å²) in [5, 5.41) is 4.70. The van der Waals surface area contributed by atoms with E-state index in [4.69, 9.17) is 16.1 Å². The molecule has 0 fully saturated rings. The van der Waals surface area contributed by atoms with Gasteiger partial charge in [0.05, 0.1) is 0 Å². The Morgan fingerprint density at radius 2 is 1.93 bits per heavy atom. The van der Waals surface area contributed by atoms with Crippen LogP contribution in [-0.4, -0.2) is 5.16 Å². The maximum atomic E-state index is 5.79. The highest BCUT2D eigenvalue weighted by Gasteiger charge is 2.04. The summed E-state index contributed by atoms with van der Waals surface area (Å²) in [6.07, 6.45) is 0.862. The minimum Gasteiger partial charge on any atom is -0.361 e. The maximum Gasteiger partial charge on any atom is 0.137 e. The first-order valence-corrected chi connectivity index (χ1v) is 4.89. The van der Waals surface area contributed by atoms with E-state index in [1.54, 1.807) is 0 Å². The highest BCUT2D eigenvalue weighted by atomic mass is 35.5. The van der Waals surface area contributed by atoms with E-state index in [-0.39, 0.29) is 6.15 Å². The molecular weight excluding hydrogens is 212 g/mol. The number of benzene rings is 1. The van der Waals surface area contributed by atoms with E-state index in [1.165, 1.54) is 0 Å². The van der Waals surface area contributed by atoms with Crippen LogP contribution in [0.15, 0.2) is 34.9 Å². The lowest BCUT2D eigenvalue weighted by atomic mass is 10.1. The van der Waals surface area contributed by atoms with Gasteiger partial charge in [0.1, 0.15) is 11.5 Å². The molecule has 1 aromatic heterocycles. The van der Waals surface area contributed by atoms with Crippen LogP contribution in [-0.2, 0) is 6.42 Å². The van der Waals surface area contributed by atoms with E-state index in [9.17, 15) is 0 Å². The van der Waals surface area contributed by atoms with Gasteiger partial charge in [0.2, 0.25) is 0 Å². The van der Waals surface area contributed by atoms with Crippen molar-refractivity contribution < 1.29 is 4.52 Å². The Kier molecular flexibility index (Phi) is 3.88. The fraction of sp³-hybridized carbons (Fsp3) is 0.182. The summed E-state index contributed by atoms with van der Waals surface area (Å²) in [5.74, 6) is 0.898. The second-order valence-corrected chi connectivity index (χ2v) is 3.48. The van der Waals surface area contributed by atoms with Crippen LogP contribution in [0.1, 0.15) is 12.7 Å². The highest BCUT2D eigenvalue weighted by Crippen LogP contribution is 2.21. The van der Waals surface area contributed by atoms with Crippen molar-refractivity contribution in [3.8, 4) is 11.3 Å². The molecule has 0 saturated heterocycles. The Hall–Kier alpha value is -1.32. The number of aryl methyl sites for hydroxylation is 1. The molecule has 80 valence electrons. The molecule has 0 atom stereocenters. The third-order valence-electron chi connectivity index (χ3n) is 2.05. The van der Waals surface area contributed by atoms with Crippen LogP contribution in [0.5, 0.6) is 0 Å². The predicted molar refractivity (Wildman–Crippen MR) is 61.3 cm³/mol. The Morgan fingerprint density at radius 1 is 1.27 bits per heavy atom. The molecule has 0 aliphatic rings. The first kappa shape index (κ1) is 11.8. The van der Waals surface area contributed by atoms with Crippen molar-refractivity contribution >= 4 is 11.6 Å². The average Bonchev–Trinajstić information content (AvgIpc) is 2.67. The van der Waals surface area contributed by atoms with Gasteiger partial charge >= 0.3 is 0 Å². The van der Waals surface area contributed by atoms with Gasteiger partial charge in [-0.3, -0.25) is 0 Å². The standard InChI is InChI=1S/C11H10ClNO.H3N/c1-2-10-7-11(13-14-10)8-3-5-9(12)6-4-8;/h3-7H,2H2,1H3;1H3. The molecule has 2 aromatic rings. The second kappa shape index (κ2) is 4.96. The van der Waals surface area contributed by atoms with Gasteiger partial charge < -0.3 is 10.7 Å². The van der Waals surface area contributed by atoms with Crippen LogP contribution in [0.4, 0.5) is 0 Å². The molecule has 1 aromatic carbocycles. The van der Waals surface area contributed by atoms with Crippen LogP contribution in [0.2, 0.25) is 5.02 Å². The zero-order valence-electron chi connectivity index (χ0n) is 8.53. The lowest BCUT2D eigenvalue weighted by Gasteiger charge is -1.93. The zero-order valence-corrected chi connectivity index (χ0v) is 9.29. The SMILES string of the molecule is CCc1cc(-c2ccc(Cl)cc2)no1.N. The van der Waals surface area contributed by atoms with E-state index in [0.717, 1.165) is 28.5 Å². The normalized spacial score (nSPS) is 9.73. The number of hydrogen-bond donors (Lipinski definition) is 1. The lowest BCUT2D eigenvalue weighted by molar-refractivity contribution is 0.389. The van der Waals surface area contributed by atoms with E-state index in [0.29, 0.717) is 0 Å². The Balaban J connectivity index is 0.00000112. The van der Waals surface area contributed by atoms with E-state index >= 15 is 0 Å². The van der Waals surface area contributed by atoms with Crippen LogP contribution < -0.4 is 6.15 Å². The topological polar surface area (TPSA) is 61.0 Å². The van der Waals surface area contributed by atoms with Gasteiger partial charge in [-0.15, -0.1) is 0 Å². The van der Waals surface area contributed by atoms with Crippen molar-refractivity contribution in [3.05, 3.63) is 41.1 Å². The van der Waals surface area contributed by atoms with E-state index in [1.807, 2.05) is 37.3 Å². The Labute approximate surface area is 93.6 Å². The predicted octanol–water partition coefficient (Wildman–Crippen LogP) is 3.72. The summed E-state index contributed by atoms with van der Waals surface area (Å²) in [4.78, 5) is 0. The number of aromatic nitrogens is 1. The van der Waals surface area contributed by atoms with Gasteiger partial charge in [-0.05, 0) is 12.1 Å². The fourth-order valence-electron chi connectivity index (χ4n) is 1.24. The molecule has 15 heavy (non-hydrogen) atoms. The number of halogens is 1. The summed E-state index contributed by atoms with van der Waals surface area (Å²) >= 11 is 5.79. The molecular formula is C11H13ClN2O. The first-order chi connectivity index (χ1) is 6.79. The maximum absolute atomic E-state index is 5.79. The second-order valence-electron chi connectivity index (χ2n) is 3.04. The van der Waals surface area contributed by atoms with Gasteiger partial charge in [-0.2, -0.15) is 0 Å². The van der Waals surface area contributed by atoms with Gasteiger partial charge in [-0.25, -0.2) is 0 Å². The number of hydrogen-bond acceptors (Lipinski definition) is 3. The van der Waals surface area contributed by atoms with Gasteiger partial charge in [-0.1, -0.05) is 35.8 Å². The van der Waals surface area contributed by atoms with Crippen LogP contribution >= 0.6 is 11.6 Å². The molecule has 0 aliphatic heterocycles. The molecule has 0 aliphatic carbocycles. The van der Waals surface area contributed by atoms with E-state index < -0.39 is 0 Å². The summed E-state index contributed by atoms with van der Waals surface area (Å²) in [6.45, 7) is 2.03. The Morgan fingerprint density at radius 3 is 2.47 bits per heavy atom. The van der Waals surface area contributed by atoms with Crippen LogP contribution in [0, 0.1) is 0 Å². The quantitative estimate of drug-likeness (QED) is 0.846. The molecule has 0 saturated carbocycles. The molecule has 0 radical (unpaired) electrons. The van der Waals surface area contributed by atoms with Crippen molar-refractivity contribution in [2.75, 3.05) is 0 Å². The molecule has 4 heteroatoms. The van der Waals surface area contributed by atoms with Crippen molar-refractivity contribution in [1.82, 2.24) is 11.3 Å². The monoisotopic (exact) mass is 224 g/mol. The molecule has 3 N–H and O–H groups in total. The van der Waals surface area contributed by atoms with Gasteiger partial charge in [0, 0.05) is 23.1 Å². The molecule has 1 heterocycles. The lowest BCUT2D eigenvalue weighted by Crippen LogP contribution is -1.75. The average molecular weight is 225 g/mol. The van der Waals surface area contributed by atoms with Gasteiger partial charge in [0.15, 0.2) is 0 Å². The fourth-order valence-corrected chi connectivity index (χ4v) is 1.36. The molecule has 0 spiro atoms. The summed E-state index contributed by atoms with van der Waals surface area (Å²) in [6, 6.07) is 9.50. The summed E-state index contributed by atoms with van der Waals surface area (Å²) in [5.41, 5.74) is 1.89. The van der Waals surface area contributed by atoms with E-state index in [2.05, 4.69) is 5.16 Å². The minimum absolute atomic E-state index is 0. The highest BCUT2D eigenvalue weighted by molar-refractivity contribution is 6.30. The van der Waals surface area contributed by atoms with Crippen molar-refractivity contribution in [3.63, 3.8) is 0 Å². The smallest absolute Gasteiger partial charge is 0.137 e. The molecule has 0 unspecified atom stereocenters. The first-order valence-electron chi connectivity index (χ1n) is 4.51. The van der Waals surface area contributed by atoms with Crippen LogP contribution in [0.3, 0.4) is 0 Å². The summed E-state index contributed by atoms with van der Waals surface area (Å²) < 4.78 is 5.12. The third-order valence-corrected chi connectivity index (χ3v) is 2.30. The Bertz CT molecular complexity index is 422. The summed E-state index contributed by atoms with van der Waals surface area (Å²) in [7, 11) is 0.